The first-order chi connectivity index (χ1) is 11.8. The number of aliphatic hydroxyl groups excluding tert-OH is 1. The summed E-state index contributed by atoms with van der Waals surface area (Å²) in [6.07, 6.45) is -3.42. The number of anilines is 1. The smallest absolute Gasteiger partial charge is 0.416 e. The molecule has 1 fully saturated rings. The number of hydrazine groups is 1. The summed E-state index contributed by atoms with van der Waals surface area (Å²) in [5.41, 5.74) is 0.853. The van der Waals surface area contributed by atoms with Gasteiger partial charge in [-0.15, -0.1) is 0 Å². The third-order valence-corrected chi connectivity index (χ3v) is 3.45. The van der Waals surface area contributed by atoms with E-state index in [1.54, 1.807) is 0 Å². The first-order valence-electron chi connectivity index (χ1n) is 7.03. The summed E-state index contributed by atoms with van der Waals surface area (Å²) < 4.78 is 43.6. The number of alkyl halides is 3. The van der Waals surface area contributed by atoms with Crippen molar-refractivity contribution in [1.29, 1.82) is 0 Å². The molecule has 2 amide bonds. The quantitative estimate of drug-likeness (QED) is 0.656. The molecule has 0 spiro atoms. The number of hydrogen-bond acceptors (Lipinski definition) is 4. The van der Waals surface area contributed by atoms with Crippen LogP contribution in [0.15, 0.2) is 46.4 Å². The number of furan rings is 1. The van der Waals surface area contributed by atoms with Crippen LogP contribution in [-0.4, -0.2) is 16.9 Å². The van der Waals surface area contributed by atoms with Crippen molar-refractivity contribution >= 4 is 23.6 Å². The molecule has 0 radical (unpaired) electrons. The molecule has 2 aromatic rings. The van der Waals surface area contributed by atoms with Crippen LogP contribution < -0.4 is 10.4 Å². The minimum Gasteiger partial charge on any atom is -0.459 e. The van der Waals surface area contributed by atoms with Crippen LogP contribution in [0.2, 0.25) is 0 Å². The number of hydrogen-bond donors (Lipinski definition) is 2. The highest BCUT2D eigenvalue weighted by Gasteiger charge is 2.36. The second kappa shape index (κ2) is 6.10. The number of nitrogens with one attached hydrogen (secondary N) is 1. The highest BCUT2D eigenvalue weighted by Crippen LogP contribution is 2.32. The van der Waals surface area contributed by atoms with Crippen LogP contribution in [0.1, 0.15) is 17.1 Å². The largest absolute Gasteiger partial charge is 0.459 e. The molecule has 0 bridgehead atoms. The zero-order chi connectivity index (χ0) is 18.2. The molecule has 2 N–H and O–H groups in total. The molecule has 1 aliphatic heterocycles. The maximum absolute atomic E-state index is 12.8. The van der Waals surface area contributed by atoms with Crippen LogP contribution in [0.5, 0.6) is 0 Å². The Hall–Kier alpha value is -3.07. The lowest BCUT2D eigenvalue weighted by Crippen LogP contribution is -2.35. The second-order valence-electron chi connectivity index (χ2n) is 5.15. The third kappa shape index (κ3) is 3.26. The molecule has 1 aromatic heterocycles. The fourth-order valence-electron chi connectivity index (χ4n) is 2.26. The SMILES string of the molecule is O=C1NN(c2cccc(C(F)(F)F)c2)C(=O)/C1=C\c1ccc(CO)o1. The molecule has 9 heteroatoms. The number of nitrogens with zero attached hydrogens (tertiary/aromatic N) is 1. The van der Waals surface area contributed by atoms with E-state index in [1.165, 1.54) is 18.2 Å². The molecule has 0 atom stereocenters. The number of amides is 2. The topological polar surface area (TPSA) is 82.8 Å². The normalized spacial score (nSPS) is 16.6. The maximum Gasteiger partial charge on any atom is 0.416 e. The lowest BCUT2D eigenvalue weighted by molar-refractivity contribution is -0.137. The van der Waals surface area contributed by atoms with Crippen LogP contribution in [0, 0.1) is 0 Å². The Balaban J connectivity index is 1.91. The first kappa shape index (κ1) is 16.8. The van der Waals surface area contributed by atoms with Crippen molar-refractivity contribution < 1.29 is 32.3 Å². The zero-order valence-corrected chi connectivity index (χ0v) is 12.5. The van der Waals surface area contributed by atoms with Gasteiger partial charge >= 0.3 is 6.18 Å². The van der Waals surface area contributed by atoms with E-state index in [1.807, 2.05) is 0 Å². The summed E-state index contributed by atoms with van der Waals surface area (Å²) >= 11 is 0. The molecule has 1 aromatic carbocycles. The van der Waals surface area contributed by atoms with Crippen molar-refractivity contribution in [3.8, 4) is 0 Å². The van der Waals surface area contributed by atoms with Crippen molar-refractivity contribution in [2.45, 2.75) is 12.8 Å². The predicted molar refractivity (Wildman–Crippen MR) is 79.7 cm³/mol. The minimum atomic E-state index is -4.57. The Morgan fingerprint density at radius 1 is 1.20 bits per heavy atom. The van der Waals surface area contributed by atoms with Gasteiger partial charge in [-0.25, -0.2) is 5.01 Å². The van der Waals surface area contributed by atoms with Gasteiger partial charge in [0.15, 0.2) is 0 Å². The van der Waals surface area contributed by atoms with Crippen molar-refractivity contribution in [1.82, 2.24) is 5.43 Å². The van der Waals surface area contributed by atoms with E-state index in [0.717, 1.165) is 29.3 Å². The Labute approximate surface area is 139 Å². The zero-order valence-electron chi connectivity index (χ0n) is 12.5. The van der Waals surface area contributed by atoms with E-state index in [2.05, 4.69) is 5.43 Å². The van der Waals surface area contributed by atoms with Crippen LogP contribution >= 0.6 is 0 Å². The van der Waals surface area contributed by atoms with E-state index >= 15 is 0 Å². The van der Waals surface area contributed by atoms with Gasteiger partial charge in [0.2, 0.25) is 0 Å². The average molecular weight is 352 g/mol. The van der Waals surface area contributed by atoms with Gasteiger partial charge in [-0.3, -0.25) is 15.0 Å². The number of halogens is 3. The summed E-state index contributed by atoms with van der Waals surface area (Å²) in [6, 6.07) is 6.95. The van der Waals surface area contributed by atoms with Gasteiger partial charge in [0.25, 0.3) is 11.8 Å². The molecule has 1 saturated heterocycles. The van der Waals surface area contributed by atoms with Crippen molar-refractivity contribution in [2.24, 2.45) is 0 Å². The van der Waals surface area contributed by atoms with Crippen molar-refractivity contribution in [3.63, 3.8) is 0 Å². The summed E-state index contributed by atoms with van der Waals surface area (Å²) in [6.45, 7) is -0.348. The van der Waals surface area contributed by atoms with Crippen LogP contribution in [0.3, 0.4) is 0 Å². The molecule has 1 aliphatic rings. The fraction of sp³-hybridized carbons (Fsp3) is 0.125. The van der Waals surface area contributed by atoms with Gasteiger partial charge in [-0.2, -0.15) is 13.2 Å². The van der Waals surface area contributed by atoms with E-state index in [9.17, 15) is 22.8 Å². The molecule has 3 rings (SSSR count). The maximum atomic E-state index is 12.8. The number of aliphatic hydroxyl groups is 1. The van der Waals surface area contributed by atoms with E-state index in [0.29, 0.717) is 0 Å². The van der Waals surface area contributed by atoms with E-state index < -0.39 is 23.6 Å². The van der Waals surface area contributed by atoms with Gasteiger partial charge in [-0.05, 0) is 36.4 Å². The third-order valence-electron chi connectivity index (χ3n) is 3.45. The number of benzene rings is 1. The van der Waals surface area contributed by atoms with Crippen LogP contribution in [0.25, 0.3) is 6.08 Å². The van der Waals surface area contributed by atoms with Crippen LogP contribution in [0.4, 0.5) is 18.9 Å². The Bertz CT molecular complexity index is 870. The first-order valence-corrected chi connectivity index (χ1v) is 7.03. The van der Waals surface area contributed by atoms with Crippen molar-refractivity contribution in [2.75, 3.05) is 5.01 Å². The minimum absolute atomic E-state index is 0.118. The molecule has 2 heterocycles. The van der Waals surface area contributed by atoms with E-state index in [4.69, 9.17) is 9.52 Å². The molecular formula is C16H11F3N2O4. The Kier molecular flexibility index (Phi) is 4.09. The van der Waals surface area contributed by atoms with Gasteiger partial charge in [0.1, 0.15) is 23.7 Å². The summed E-state index contributed by atoms with van der Waals surface area (Å²) in [4.78, 5) is 24.3. The number of carbonyl (C=O) groups is 2. The van der Waals surface area contributed by atoms with Crippen LogP contribution in [-0.2, 0) is 22.4 Å². The number of carbonyl (C=O) groups excluding carboxylic acids is 2. The Morgan fingerprint density at radius 3 is 2.60 bits per heavy atom. The summed E-state index contributed by atoms with van der Waals surface area (Å²) in [7, 11) is 0. The lowest BCUT2D eigenvalue weighted by Gasteiger charge is -2.16. The van der Waals surface area contributed by atoms with E-state index in [-0.39, 0.29) is 29.4 Å². The predicted octanol–water partition coefficient (Wildman–Crippen LogP) is 2.25. The average Bonchev–Trinajstić information content (AvgIpc) is 3.14. The molecule has 25 heavy (non-hydrogen) atoms. The second-order valence-corrected chi connectivity index (χ2v) is 5.15. The molecule has 0 unspecified atom stereocenters. The molecule has 6 nitrogen and oxygen atoms in total. The summed E-state index contributed by atoms with van der Waals surface area (Å²) in [5, 5.41) is 9.67. The van der Waals surface area contributed by atoms with Gasteiger partial charge in [-0.1, -0.05) is 6.07 Å². The monoisotopic (exact) mass is 352 g/mol. The molecule has 0 saturated carbocycles. The molecular weight excluding hydrogens is 341 g/mol. The van der Waals surface area contributed by atoms with Gasteiger partial charge in [0, 0.05) is 0 Å². The molecule has 0 aliphatic carbocycles. The fourth-order valence-corrected chi connectivity index (χ4v) is 2.26. The van der Waals surface area contributed by atoms with Gasteiger partial charge in [0.05, 0.1) is 11.3 Å². The molecule has 130 valence electrons. The number of rotatable bonds is 3. The lowest BCUT2D eigenvalue weighted by atomic mass is 10.1. The standard InChI is InChI=1S/C16H11F3N2O4/c17-16(18,19)9-2-1-3-10(6-9)21-15(24)13(14(23)20-21)7-11-4-5-12(8-22)25-11/h1-7,22H,8H2,(H,20,23)/b13-7-. The summed E-state index contributed by atoms with van der Waals surface area (Å²) in [5.74, 6) is -1.18. The highest BCUT2D eigenvalue weighted by atomic mass is 19.4. The Morgan fingerprint density at radius 2 is 1.96 bits per heavy atom. The van der Waals surface area contributed by atoms with Crippen molar-refractivity contribution in [3.05, 3.63) is 59.1 Å². The van der Waals surface area contributed by atoms with Gasteiger partial charge < -0.3 is 9.52 Å². The highest BCUT2D eigenvalue weighted by molar-refractivity contribution is 6.31.